The number of carbonyl (C=O) groups excluding carboxylic acids is 2. The van der Waals surface area contributed by atoms with Crippen molar-refractivity contribution in [2.75, 3.05) is 19.6 Å². The van der Waals surface area contributed by atoms with Gasteiger partial charge in [-0.15, -0.1) is 0 Å². The van der Waals surface area contributed by atoms with Crippen LogP contribution in [0, 0.1) is 5.92 Å². The summed E-state index contributed by atoms with van der Waals surface area (Å²) in [6, 6.07) is -1.01. The molecule has 176 valence electrons. The molecule has 0 saturated heterocycles. The van der Waals surface area contributed by atoms with Gasteiger partial charge < -0.3 is 15.5 Å². The monoisotopic (exact) mass is 462 g/mol. The van der Waals surface area contributed by atoms with Crippen molar-refractivity contribution in [2.45, 2.75) is 38.4 Å². The minimum Gasteiger partial charge on any atom is -0.382 e. The molecule has 0 radical (unpaired) electrons. The van der Waals surface area contributed by atoms with Crippen LogP contribution in [-0.2, 0) is 15.8 Å². The third kappa shape index (κ3) is 5.01. The van der Waals surface area contributed by atoms with Crippen LogP contribution in [-0.4, -0.2) is 52.0 Å². The van der Waals surface area contributed by atoms with Gasteiger partial charge in [0.1, 0.15) is 11.9 Å². The Kier molecular flexibility index (Phi) is 6.13. The SMILES string of the molecule is C=CC(=O)N1CCC=C(c2cn(C(C)C(=O)NC3=NC(C4CC4)=CNC3)nc2C(F)(F)F)C1. The number of hydrogen-bond acceptors (Lipinski definition) is 5. The molecule has 0 aromatic carbocycles. The number of amidine groups is 1. The minimum absolute atomic E-state index is 0.0129. The normalized spacial score (nSPS) is 19.6. The van der Waals surface area contributed by atoms with Crippen molar-refractivity contribution in [3.63, 3.8) is 0 Å². The van der Waals surface area contributed by atoms with Crippen molar-refractivity contribution in [2.24, 2.45) is 10.9 Å². The summed E-state index contributed by atoms with van der Waals surface area (Å²) < 4.78 is 42.3. The van der Waals surface area contributed by atoms with Crippen LogP contribution in [0.25, 0.3) is 5.57 Å². The van der Waals surface area contributed by atoms with Crippen LogP contribution in [0.15, 0.2) is 41.8 Å². The van der Waals surface area contributed by atoms with Crippen LogP contribution in [0.2, 0.25) is 0 Å². The van der Waals surface area contributed by atoms with E-state index in [0.29, 0.717) is 36.8 Å². The summed E-state index contributed by atoms with van der Waals surface area (Å²) in [7, 11) is 0. The van der Waals surface area contributed by atoms with Gasteiger partial charge in [0.25, 0.3) is 0 Å². The van der Waals surface area contributed by atoms with Gasteiger partial charge in [0.05, 0.1) is 12.2 Å². The fourth-order valence-corrected chi connectivity index (χ4v) is 3.80. The molecule has 4 rings (SSSR count). The molecule has 1 aliphatic carbocycles. The third-order valence-corrected chi connectivity index (χ3v) is 5.81. The molecule has 11 heteroatoms. The molecule has 1 unspecified atom stereocenters. The molecule has 8 nitrogen and oxygen atoms in total. The second-order valence-corrected chi connectivity index (χ2v) is 8.30. The topological polar surface area (TPSA) is 91.6 Å². The number of carbonyl (C=O) groups is 2. The molecule has 0 spiro atoms. The van der Waals surface area contributed by atoms with E-state index >= 15 is 0 Å². The molecule has 3 heterocycles. The fraction of sp³-hybridized carbons (Fsp3) is 0.455. The highest BCUT2D eigenvalue weighted by molar-refractivity contribution is 6.01. The maximum absolute atomic E-state index is 13.8. The van der Waals surface area contributed by atoms with Crippen LogP contribution in [0.5, 0.6) is 0 Å². The average molecular weight is 462 g/mol. The molecule has 2 N–H and O–H groups in total. The van der Waals surface area contributed by atoms with E-state index in [0.717, 1.165) is 29.3 Å². The highest BCUT2D eigenvalue weighted by atomic mass is 19.4. The predicted octanol–water partition coefficient (Wildman–Crippen LogP) is 2.63. The Labute approximate surface area is 188 Å². The number of rotatable bonds is 5. The number of amides is 2. The van der Waals surface area contributed by atoms with Crippen molar-refractivity contribution in [3.05, 3.63) is 48.1 Å². The predicted molar refractivity (Wildman–Crippen MR) is 116 cm³/mol. The van der Waals surface area contributed by atoms with E-state index < -0.39 is 23.8 Å². The zero-order valence-corrected chi connectivity index (χ0v) is 18.2. The number of nitrogens with one attached hydrogen (secondary N) is 2. The number of allylic oxidation sites excluding steroid dienone is 1. The standard InChI is InChI=1S/C22H25F3N6O2/c1-3-19(32)30-8-4-5-15(11-30)16-12-31(29-20(16)22(23,24)25)13(2)21(33)28-18-10-26-9-17(27-18)14-6-7-14/h3,5,9,12-14,26H,1,4,6-8,10-11H2,2H3,(H,27,28,33). The van der Waals surface area contributed by atoms with Crippen molar-refractivity contribution in [1.82, 2.24) is 25.3 Å². The smallest absolute Gasteiger partial charge is 0.382 e. The summed E-state index contributed by atoms with van der Waals surface area (Å²) in [6.45, 7) is 5.65. The van der Waals surface area contributed by atoms with Crippen molar-refractivity contribution >= 4 is 23.2 Å². The summed E-state index contributed by atoms with van der Waals surface area (Å²) in [6.07, 6.45) is 3.65. The van der Waals surface area contributed by atoms with E-state index in [1.54, 1.807) is 6.08 Å². The van der Waals surface area contributed by atoms with Gasteiger partial charge in [-0.25, -0.2) is 4.99 Å². The molecule has 1 aromatic rings. The second-order valence-electron chi connectivity index (χ2n) is 8.30. The lowest BCUT2D eigenvalue weighted by atomic mass is 10.0. The van der Waals surface area contributed by atoms with Crippen molar-refractivity contribution in [1.29, 1.82) is 0 Å². The largest absolute Gasteiger partial charge is 0.435 e. The van der Waals surface area contributed by atoms with E-state index in [9.17, 15) is 22.8 Å². The lowest BCUT2D eigenvalue weighted by Crippen LogP contribution is -2.41. The molecule has 0 bridgehead atoms. The molecule has 2 amide bonds. The quantitative estimate of drug-likeness (QED) is 0.659. The van der Waals surface area contributed by atoms with Gasteiger partial charge in [-0.2, -0.15) is 18.3 Å². The molecule has 33 heavy (non-hydrogen) atoms. The molecule has 1 atom stereocenters. The third-order valence-electron chi connectivity index (χ3n) is 5.81. The van der Waals surface area contributed by atoms with Crippen LogP contribution < -0.4 is 10.6 Å². The first-order chi connectivity index (χ1) is 15.7. The molecule has 3 aliphatic rings. The maximum atomic E-state index is 13.8. The lowest BCUT2D eigenvalue weighted by molar-refractivity contribution is -0.142. The Hall–Kier alpha value is -3.37. The Balaban J connectivity index is 1.55. The number of aliphatic imine (C=N–C) groups is 1. The van der Waals surface area contributed by atoms with E-state index in [4.69, 9.17) is 0 Å². The van der Waals surface area contributed by atoms with Gasteiger partial charge in [-0.1, -0.05) is 12.7 Å². The molecule has 1 saturated carbocycles. The molecule has 2 aliphatic heterocycles. The Morgan fingerprint density at radius 2 is 2.12 bits per heavy atom. The molecule has 1 fully saturated rings. The van der Waals surface area contributed by atoms with Crippen molar-refractivity contribution in [3.8, 4) is 0 Å². The number of halogens is 3. The Morgan fingerprint density at radius 1 is 1.36 bits per heavy atom. The van der Waals surface area contributed by atoms with Crippen LogP contribution in [0.4, 0.5) is 13.2 Å². The minimum atomic E-state index is -4.72. The summed E-state index contributed by atoms with van der Waals surface area (Å²) >= 11 is 0. The average Bonchev–Trinajstić information content (AvgIpc) is 3.55. The number of aromatic nitrogens is 2. The summed E-state index contributed by atoms with van der Waals surface area (Å²) in [5, 5.41) is 9.47. The molecule has 1 aromatic heterocycles. The second kappa shape index (κ2) is 8.87. The number of hydrogen-bond donors (Lipinski definition) is 2. The Bertz CT molecular complexity index is 1060. The Morgan fingerprint density at radius 3 is 2.79 bits per heavy atom. The zero-order valence-electron chi connectivity index (χ0n) is 18.2. The van der Waals surface area contributed by atoms with Gasteiger partial charge in [0.2, 0.25) is 11.8 Å². The first-order valence-corrected chi connectivity index (χ1v) is 10.8. The van der Waals surface area contributed by atoms with Gasteiger partial charge in [-0.3, -0.25) is 14.3 Å². The highest BCUT2D eigenvalue weighted by Crippen LogP contribution is 2.37. The van der Waals surface area contributed by atoms with Crippen LogP contribution in [0.1, 0.15) is 43.5 Å². The van der Waals surface area contributed by atoms with E-state index in [-0.39, 0.29) is 18.0 Å². The van der Waals surface area contributed by atoms with Gasteiger partial charge in [0, 0.05) is 37.0 Å². The summed E-state index contributed by atoms with van der Waals surface area (Å²) in [5.41, 5.74) is -0.0215. The fourth-order valence-electron chi connectivity index (χ4n) is 3.80. The number of alkyl halides is 3. The van der Waals surface area contributed by atoms with E-state index in [1.165, 1.54) is 18.0 Å². The van der Waals surface area contributed by atoms with Gasteiger partial charge >= 0.3 is 6.18 Å². The van der Waals surface area contributed by atoms with E-state index in [2.05, 4.69) is 27.3 Å². The maximum Gasteiger partial charge on any atom is 0.435 e. The first-order valence-electron chi connectivity index (χ1n) is 10.8. The first kappa shape index (κ1) is 22.8. The summed E-state index contributed by atoms with van der Waals surface area (Å²) in [4.78, 5) is 30.6. The van der Waals surface area contributed by atoms with Crippen LogP contribution in [0.3, 0.4) is 0 Å². The number of nitrogens with zero attached hydrogens (tertiary/aromatic N) is 4. The summed E-state index contributed by atoms with van der Waals surface area (Å²) in [5.74, 6) is -0.0538. The van der Waals surface area contributed by atoms with Gasteiger partial charge in [0.15, 0.2) is 5.69 Å². The molecular formula is C22H25F3N6O2. The van der Waals surface area contributed by atoms with E-state index in [1.807, 2.05) is 6.20 Å². The van der Waals surface area contributed by atoms with Crippen LogP contribution >= 0.6 is 0 Å². The molecular weight excluding hydrogens is 437 g/mol. The van der Waals surface area contributed by atoms with Crippen molar-refractivity contribution < 1.29 is 22.8 Å². The highest BCUT2D eigenvalue weighted by Gasteiger charge is 2.39. The zero-order chi connectivity index (χ0) is 23.8. The lowest BCUT2D eigenvalue weighted by Gasteiger charge is -2.26. The van der Waals surface area contributed by atoms with Gasteiger partial charge in [-0.05, 0) is 37.8 Å².